The van der Waals surface area contributed by atoms with Crippen LogP contribution in [-0.2, 0) is 34.6 Å². The van der Waals surface area contributed by atoms with Crippen LogP contribution in [0.5, 0.6) is 5.75 Å². The van der Waals surface area contributed by atoms with Crippen LogP contribution >= 0.6 is 11.3 Å². The molecule has 41 heavy (non-hydrogen) atoms. The lowest BCUT2D eigenvalue weighted by Gasteiger charge is -2.16. The number of hydrogen-bond donors (Lipinski definition) is 1. The van der Waals surface area contributed by atoms with Crippen LogP contribution in [0.15, 0.2) is 46.8 Å². The molecule has 17 heteroatoms. The summed E-state index contributed by atoms with van der Waals surface area (Å²) in [6, 6.07) is 8.99. The van der Waals surface area contributed by atoms with E-state index < -0.39 is 34.0 Å². The number of hydrogen-bond acceptors (Lipinski definition) is 7. The van der Waals surface area contributed by atoms with Crippen LogP contribution < -0.4 is 4.74 Å². The molecular weight excluding hydrogens is 602 g/mol. The highest BCUT2D eigenvalue weighted by Gasteiger charge is 2.38. The lowest BCUT2D eigenvalue weighted by molar-refractivity contribution is -0.192. The van der Waals surface area contributed by atoms with Crippen molar-refractivity contribution in [3.8, 4) is 16.3 Å². The van der Waals surface area contributed by atoms with Gasteiger partial charge in [-0.15, -0.1) is 11.3 Å². The molecule has 1 aromatic carbocycles. The van der Waals surface area contributed by atoms with Crippen molar-refractivity contribution < 1.29 is 49.4 Å². The number of thiophene rings is 1. The third kappa shape index (κ3) is 7.02. The molecule has 0 saturated heterocycles. The number of aryl methyl sites for hydroxylation is 1. The molecule has 4 rings (SSSR count). The minimum absolute atomic E-state index is 0.0119. The number of alkyl halides is 6. The summed E-state index contributed by atoms with van der Waals surface area (Å²) in [6.45, 7) is 2.92. The standard InChI is InChI=1S/C22H23F3N4O3S2.C2HF3O2/c1-5-32-18-7-6-16-14(15(18)13-27(2)3)10-11-29(16)34(30,31)21-9-8-19(33-21)17-12-20(22(23,24)25)26-28(17)4;3-2(4,5)1(6)7/h6-12H,5,13H2,1-4H3;(H,6,7). The van der Waals surface area contributed by atoms with Crippen LogP contribution in [0.2, 0.25) is 0 Å². The van der Waals surface area contributed by atoms with Gasteiger partial charge in [0, 0.05) is 30.7 Å². The third-order valence-electron chi connectivity index (χ3n) is 5.44. The minimum atomic E-state index is -5.08. The first-order valence-corrected chi connectivity index (χ1v) is 13.8. The van der Waals surface area contributed by atoms with Gasteiger partial charge in [0.2, 0.25) is 0 Å². The van der Waals surface area contributed by atoms with Gasteiger partial charge in [-0.2, -0.15) is 39.9 Å². The molecule has 0 bridgehead atoms. The van der Waals surface area contributed by atoms with Crippen molar-refractivity contribution in [1.82, 2.24) is 18.7 Å². The first kappa shape index (κ1) is 32.0. The summed E-state index contributed by atoms with van der Waals surface area (Å²) < 4.78 is 106. The molecule has 0 spiro atoms. The lowest BCUT2D eigenvalue weighted by Crippen LogP contribution is -2.21. The topological polar surface area (TPSA) is 107 Å². The smallest absolute Gasteiger partial charge is 0.490 e. The SMILES string of the molecule is CCOc1ccc2c(ccn2S(=O)(=O)c2ccc(-c3cc(C(F)(F)F)nn3C)s2)c1CN(C)C.O=C(O)C(F)(F)F. The number of aliphatic carboxylic acids is 1. The summed E-state index contributed by atoms with van der Waals surface area (Å²) >= 11 is 0.894. The van der Waals surface area contributed by atoms with Crippen LogP contribution in [0, 0.1) is 0 Å². The van der Waals surface area contributed by atoms with E-state index in [-0.39, 0.29) is 9.90 Å². The van der Waals surface area contributed by atoms with E-state index in [0.717, 1.165) is 33.0 Å². The van der Waals surface area contributed by atoms with Crippen molar-refractivity contribution in [3.63, 3.8) is 0 Å². The molecule has 0 unspecified atom stereocenters. The predicted molar refractivity (Wildman–Crippen MR) is 138 cm³/mol. The van der Waals surface area contributed by atoms with Crippen molar-refractivity contribution in [2.45, 2.75) is 30.0 Å². The highest BCUT2D eigenvalue weighted by molar-refractivity contribution is 7.92. The highest BCUT2D eigenvalue weighted by Crippen LogP contribution is 2.37. The first-order chi connectivity index (χ1) is 18.9. The van der Waals surface area contributed by atoms with Gasteiger partial charge in [0.1, 0.15) is 9.96 Å². The third-order valence-corrected chi connectivity index (χ3v) is 8.70. The monoisotopic (exact) mass is 626 g/mol. The number of carboxylic acids is 1. The predicted octanol–water partition coefficient (Wildman–Crippen LogP) is 5.45. The van der Waals surface area contributed by atoms with Crippen molar-refractivity contribution in [2.75, 3.05) is 20.7 Å². The molecular formula is C24H24F6N4O5S2. The zero-order chi connectivity index (χ0) is 30.9. The van der Waals surface area contributed by atoms with Crippen molar-refractivity contribution >= 4 is 38.2 Å². The van der Waals surface area contributed by atoms with Gasteiger partial charge >= 0.3 is 18.3 Å². The number of nitrogens with zero attached hydrogens (tertiary/aromatic N) is 4. The molecule has 1 N–H and O–H groups in total. The number of carboxylic acid groups (broad SMARTS) is 1. The highest BCUT2D eigenvalue weighted by atomic mass is 32.2. The minimum Gasteiger partial charge on any atom is -0.494 e. The number of fused-ring (bicyclic) bond motifs is 1. The van der Waals surface area contributed by atoms with Crippen LogP contribution in [0.25, 0.3) is 21.5 Å². The Bertz CT molecular complexity index is 1650. The zero-order valence-electron chi connectivity index (χ0n) is 21.9. The van der Waals surface area contributed by atoms with Crippen LogP contribution in [0.3, 0.4) is 0 Å². The Labute approximate surface area is 234 Å². The Hall–Kier alpha value is -3.57. The molecule has 3 heterocycles. The lowest BCUT2D eigenvalue weighted by atomic mass is 10.1. The van der Waals surface area contributed by atoms with Gasteiger partial charge in [-0.25, -0.2) is 8.77 Å². The summed E-state index contributed by atoms with van der Waals surface area (Å²) in [5, 5.41) is 11.4. The molecule has 9 nitrogen and oxygen atoms in total. The van der Waals surface area contributed by atoms with Crippen LogP contribution in [-0.4, -0.2) is 65.0 Å². The Kier molecular flexibility index (Phi) is 9.14. The summed E-state index contributed by atoms with van der Waals surface area (Å²) in [6.07, 6.45) is -8.18. The maximum atomic E-state index is 13.5. The quantitative estimate of drug-likeness (QED) is 0.272. The van der Waals surface area contributed by atoms with Gasteiger partial charge in [0.15, 0.2) is 5.69 Å². The maximum Gasteiger partial charge on any atom is 0.490 e. The van der Waals surface area contributed by atoms with Gasteiger partial charge in [0.25, 0.3) is 10.0 Å². The fraction of sp³-hybridized carbons (Fsp3) is 0.333. The molecule has 0 amide bonds. The fourth-order valence-corrected chi connectivity index (χ4v) is 6.53. The van der Waals surface area contributed by atoms with Crippen LogP contribution in [0.1, 0.15) is 18.2 Å². The molecule has 0 aliphatic heterocycles. The Balaban J connectivity index is 0.000000587. The van der Waals surface area contributed by atoms with E-state index in [0.29, 0.717) is 29.3 Å². The number of benzene rings is 1. The van der Waals surface area contributed by atoms with E-state index >= 15 is 0 Å². The average molecular weight is 627 g/mol. The second-order valence-corrected chi connectivity index (χ2v) is 11.8. The molecule has 0 aliphatic rings. The fourth-order valence-electron chi connectivity index (χ4n) is 3.74. The molecule has 0 atom stereocenters. The number of aromatic nitrogens is 3. The Morgan fingerprint density at radius 2 is 1.73 bits per heavy atom. The van der Waals surface area contributed by atoms with Crippen molar-refractivity contribution in [1.29, 1.82) is 0 Å². The van der Waals surface area contributed by atoms with Crippen LogP contribution in [0.4, 0.5) is 26.3 Å². The molecule has 0 radical (unpaired) electrons. The largest absolute Gasteiger partial charge is 0.494 e. The van der Waals surface area contributed by atoms with Gasteiger partial charge in [-0.1, -0.05) is 0 Å². The van der Waals surface area contributed by atoms with E-state index in [2.05, 4.69) is 5.10 Å². The van der Waals surface area contributed by atoms with Crippen molar-refractivity contribution in [2.24, 2.45) is 7.05 Å². The molecule has 0 fully saturated rings. The summed E-state index contributed by atoms with van der Waals surface area (Å²) in [5.41, 5.74) is 0.526. The number of carbonyl (C=O) groups is 1. The van der Waals surface area contributed by atoms with E-state index in [1.54, 1.807) is 18.2 Å². The van der Waals surface area contributed by atoms with Gasteiger partial charge in [0.05, 0.1) is 22.7 Å². The van der Waals surface area contributed by atoms with Gasteiger partial charge in [-0.05, 0) is 57.4 Å². The number of halogens is 6. The molecule has 4 aromatic rings. The first-order valence-electron chi connectivity index (χ1n) is 11.6. The summed E-state index contributed by atoms with van der Waals surface area (Å²) in [7, 11) is 1.23. The maximum absolute atomic E-state index is 13.5. The van der Waals surface area contributed by atoms with Gasteiger partial charge in [-0.3, -0.25) is 4.68 Å². The number of rotatable bonds is 7. The second-order valence-electron chi connectivity index (χ2n) is 8.72. The van der Waals surface area contributed by atoms with E-state index in [9.17, 15) is 34.8 Å². The summed E-state index contributed by atoms with van der Waals surface area (Å²) in [5.74, 6) is -2.07. The zero-order valence-corrected chi connectivity index (χ0v) is 23.5. The Morgan fingerprint density at radius 1 is 1.10 bits per heavy atom. The van der Waals surface area contributed by atoms with Crippen molar-refractivity contribution in [3.05, 3.63) is 53.9 Å². The molecule has 224 valence electrons. The Morgan fingerprint density at radius 3 is 2.24 bits per heavy atom. The summed E-state index contributed by atoms with van der Waals surface area (Å²) in [4.78, 5) is 11.2. The average Bonchev–Trinajstić information content (AvgIpc) is 3.58. The molecule has 0 aliphatic carbocycles. The van der Waals surface area contributed by atoms with E-state index in [1.165, 1.54) is 29.3 Å². The molecule has 3 aromatic heterocycles. The molecule has 0 saturated carbocycles. The normalized spacial score (nSPS) is 12.5. The second kappa shape index (κ2) is 11.7. The number of ether oxygens (including phenoxy) is 1. The van der Waals surface area contributed by atoms with E-state index in [4.69, 9.17) is 14.6 Å². The van der Waals surface area contributed by atoms with Gasteiger partial charge < -0.3 is 14.7 Å². The van der Waals surface area contributed by atoms with E-state index in [1.807, 2.05) is 25.9 Å².